The topological polar surface area (TPSA) is 66.4 Å². The molecule has 3 rings (SSSR count). The van der Waals surface area contributed by atoms with Crippen LogP contribution < -0.4 is 4.72 Å². The van der Waals surface area contributed by atoms with Crippen LogP contribution in [-0.2, 0) is 20.9 Å². The van der Waals surface area contributed by atoms with Crippen LogP contribution in [0.2, 0.25) is 0 Å². The molecule has 0 saturated carbocycles. The monoisotopic (exact) mass is 411 g/mol. The lowest BCUT2D eigenvalue weighted by Crippen LogP contribution is -2.17. The van der Waals surface area contributed by atoms with Crippen LogP contribution in [-0.4, -0.2) is 13.5 Å². The van der Waals surface area contributed by atoms with E-state index in [-0.39, 0.29) is 27.2 Å². The molecule has 0 bridgehead atoms. The first-order valence-electron chi connectivity index (χ1n) is 9.69. The molecule has 0 aliphatic carbocycles. The Morgan fingerprint density at radius 3 is 2.00 bits per heavy atom. The molecule has 29 heavy (non-hydrogen) atoms. The predicted octanol–water partition coefficient (Wildman–Crippen LogP) is 5.94. The number of anilines is 1. The van der Waals surface area contributed by atoms with Gasteiger partial charge in [-0.2, -0.15) is 0 Å². The van der Waals surface area contributed by atoms with Crippen LogP contribution in [0.4, 0.5) is 5.69 Å². The summed E-state index contributed by atoms with van der Waals surface area (Å²) in [5, 5.41) is 11.6. The molecule has 0 atom stereocenters. The lowest BCUT2D eigenvalue weighted by molar-refractivity contribution is 0.477. The van der Waals surface area contributed by atoms with Crippen molar-refractivity contribution in [3.63, 3.8) is 0 Å². The fraction of sp³-hybridized carbons (Fsp3) is 0.333. The fourth-order valence-corrected chi connectivity index (χ4v) is 4.53. The largest absolute Gasteiger partial charge is 0.506 e. The van der Waals surface area contributed by atoms with E-state index in [2.05, 4.69) is 58.4 Å². The summed E-state index contributed by atoms with van der Waals surface area (Å²) in [5.74, 6) is -0.109. The van der Waals surface area contributed by atoms with E-state index in [0.717, 1.165) is 16.5 Å². The average Bonchev–Trinajstić information content (AvgIpc) is 2.60. The molecular weight excluding hydrogens is 382 g/mol. The number of fused-ring (bicyclic) bond motifs is 1. The highest BCUT2D eigenvalue weighted by molar-refractivity contribution is 7.93. The van der Waals surface area contributed by atoms with Gasteiger partial charge in [-0.1, -0.05) is 71.9 Å². The zero-order valence-electron chi connectivity index (χ0n) is 17.9. The van der Waals surface area contributed by atoms with E-state index in [9.17, 15) is 13.5 Å². The lowest BCUT2D eigenvalue weighted by atomic mass is 9.83. The van der Waals surface area contributed by atoms with E-state index in [1.54, 1.807) is 24.3 Å². The Bertz CT molecular complexity index is 1170. The second-order valence-corrected chi connectivity index (χ2v) is 11.2. The van der Waals surface area contributed by atoms with Crippen molar-refractivity contribution in [1.29, 1.82) is 0 Å². The number of phenolic OH excluding ortho intramolecular Hbond substituents is 1. The molecule has 0 spiro atoms. The molecule has 154 valence electrons. The zero-order chi connectivity index (χ0) is 21.6. The number of hydrogen-bond acceptors (Lipinski definition) is 3. The van der Waals surface area contributed by atoms with E-state index in [0.29, 0.717) is 5.39 Å². The molecular formula is C24H29NO3S. The minimum Gasteiger partial charge on any atom is -0.506 e. The normalized spacial score (nSPS) is 12.9. The summed E-state index contributed by atoms with van der Waals surface area (Å²) >= 11 is 0. The summed E-state index contributed by atoms with van der Waals surface area (Å²) in [6.07, 6.45) is 0. The van der Waals surface area contributed by atoms with Gasteiger partial charge < -0.3 is 5.11 Å². The van der Waals surface area contributed by atoms with E-state index >= 15 is 0 Å². The Balaban J connectivity index is 2.28. The van der Waals surface area contributed by atoms with Gasteiger partial charge in [0.05, 0.1) is 10.6 Å². The number of hydrogen-bond donors (Lipinski definition) is 2. The van der Waals surface area contributed by atoms with Crippen LogP contribution in [0.5, 0.6) is 5.75 Å². The summed E-state index contributed by atoms with van der Waals surface area (Å²) in [7, 11) is -3.92. The average molecular weight is 412 g/mol. The maximum Gasteiger partial charge on any atom is 0.262 e. The number of sulfonamides is 1. The van der Waals surface area contributed by atoms with Gasteiger partial charge in [-0.15, -0.1) is 0 Å². The third kappa shape index (κ3) is 4.40. The number of rotatable bonds is 3. The molecule has 3 aromatic carbocycles. The molecule has 4 nitrogen and oxygen atoms in total. The van der Waals surface area contributed by atoms with E-state index in [1.807, 2.05) is 12.1 Å². The fourth-order valence-electron chi connectivity index (χ4n) is 3.21. The highest BCUT2D eigenvalue weighted by Crippen LogP contribution is 2.35. The van der Waals surface area contributed by atoms with E-state index in [4.69, 9.17) is 0 Å². The van der Waals surface area contributed by atoms with Gasteiger partial charge in [-0.25, -0.2) is 8.42 Å². The Morgan fingerprint density at radius 2 is 1.41 bits per heavy atom. The predicted molar refractivity (Wildman–Crippen MR) is 120 cm³/mol. The zero-order valence-corrected chi connectivity index (χ0v) is 18.7. The van der Waals surface area contributed by atoms with Crippen molar-refractivity contribution in [3.8, 4) is 5.75 Å². The van der Waals surface area contributed by atoms with Crippen molar-refractivity contribution < 1.29 is 13.5 Å². The van der Waals surface area contributed by atoms with Crippen LogP contribution >= 0.6 is 0 Å². The lowest BCUT2D eigenvalue weighted by Gasteiger charge is -2.24. The number of aromatic hydroxyl groups is 1. The van der Waals surface area contributed by atoms with Crippen molar-refractivity contribution in [1.82, 2.24) is 0 Å². The molecule has 0 amide bonds. The Morgan fingerprint density at radius 1 is 0.793 bits per heavy atom. The first kappa shape index (κ1) is 21.2. The van der Waals surface area contributed by atoms with E-state index < -0.39 is 10.0 Å². The molecule has 0 radical (unpaired) electrons. The molecule has 0 aliphatic heterocycles. The Kier molecular flexibility index (Phi) is 5.16. The number of nitrogens with one attached hydrogen (secondary N) is 1. The minimum absolute atomic E-state index is 0.108. The van der Waals surface area contributed by atoms with Crippen LogP contribution in [0.25, 0.3) is 10.8 Å². The third-order valence-corrected chi connectivity index (χ3v) is 6.49. The first-order chi connectivity index (χ1) is 13.3. The van der Waals surface area contributed by atoms with Crippen LogP contribution in [0.15, 0.2) is 59.5 Å². The standard InChI is InChI=1S/C24H29NO3S/c1-23(2,3)17-12-11-16-13-18(24(4,5)6)15-22(19(16)14-17)29(27,28)25-20-9-7-8-10-21(20)26/h7-15,25-26H,1-6H3. The summed E-state index contributed by atoms with van der Waals surface area (Å²) in [6.45, 7) is 12.5. The van der Waals surface area contributed by atoms with Gasteiger partial charge in [0, 0.05) is 5.39 Å². The molecule has 0 aliphatic rings. The highest BCUT2D eigenvalue weighted by atomic mass is 32.2. The molecule has 0 heterocycles. The third-order valence-electron chi connectivity index (χ3n) is 5.09. The quantitative estimate of drug-likeness (QED) is 0.524. The number of phenols is 1. The molecule has 5 heteroatoms. The minimum atomic E-state index is -3.92. The highest BCUT2D eigenvalue weighted by Gasteiger charge is 2.25. The van der Waals surface area contributed by atoms with Crippen LogP contribution in [0, 0.1) is 0 Å². The Hall–Kier alpha value is -2.53. The van der Waals surface area contributed by atoms with Gasteiger partial charge in [0.1, 0.15) is 5.75 Å². The van der Waals surface area contributed by atoms with Crippen LogP contribution in [0.1, 0.15) is 52.7 Å². The van der Waals surface area contributed by atoms with Crippen molar-refractivity contribution in [2.75, 3.05) is 4.72 Å². The van der Waals surface area contributed by atoms with Crippen molar-refractivity contribution in [2.45, 2.75) is 57.3 Å². The molecule has 0 saturated heterocycles. The van der Waals surface area contributed by atoms with Gasteiger partial charge in [-0.3, -0.25) is 4.72 Å². The smallest absolute Gasteiger partial charge is 0.262 e. The SMILES string of the molecule is CC(C)(C)c1cc(S(=O)(=O)Nc2ccccc2O)c2cc(C(C)(C)C)ccc2c1. The molecule has 3 aromatic rings. The number of benzene rings is 3. The van der Waals surface area contributed by atoms with Crippen molar-refractivity contribution >= 4 is 26.5 Å². The van der Waals surface area contributed by atoms with Crippen LogP contribution in [0.3, 0.4) is 0 Å². The van der Waals surface area contributed by atoms with Gasteiger partial charge in [-0.05, 0) is 51.6 Å². The molecule has 0 aromatic heterocycles. The first-order valence-corrected chi connectivity index (χ1v) is 11.2. The Labute approximate surface area is 173 Å². The molecule has 2 N–H and O–H groups in total. The summed E-state index contributed by atoms with van der Waals surface area (Å²) in [6, 6.07) is 16.1. The van der Waals surface area contributed by atoms with Gasteiger partial charge in [0.15, 0.2) is 0 Å². The second kappa shape index (κ2) is 7.06. The molecule has 0 fully saturated rings. The number of para-hydroxylation sites is 2. The van der Waals surface area contributed by atoms with Crippen molar-refractivity contribution in [2.24, 2.45) is 0 Å². The summed E-state index contributed by atoms with van der Waals surface area (Å²) in [5.41, 5.74) is 1.84. The van der Waals surface area contributed by atoms with E-state index in [1.165, 1.54) is 6.07 Å². The van der Waals surface area contributed by atoms with Gasteiger partial charge in [0.25, 0.3) is 10.0 Å². The van der Waals surface area contributed by atoms with Crippen molar-refractivity contribution in [3.05, 3.63) is 65.7 Å². The maximum absolute atomic E-state index is 13.4. The summed E-state index contributed by atoms with van der Waals surface area (Å²) < 4.78 is 29.3. The van der Waals surface area contributed by atoms with Gasteiger partial charge in [0.2, 0.25) is 0 Å². The summed E-state index contributed by atoms with van der Waals surface area (Å²) in [4.78, 5) is 0.217. The second-order valence-electron chi connectivity index (χ2n) is 9.53. The molecule has 0 unspecified atom stereocenters. The van der Waals surface area contributed by atoms with Gasteiger partial charge >= 0.3 is 0 Å². The maximum atomic E-state index is 13.4.